The number of benzene rings is 1. The molecule has 5 rings (SSSR count). The molecule has 0 unspecified atom stereocenters. The van der Waals surface area contributed by atoms with E-state index in [1.807, 2.05) is 31.3 Å². The fraction of sp³-hybridized carbons (Fsp3) is 0.292. The van der Waals surface area contributed by atoms with Gasteiger partial charge in [-0.15, -0.1) is 0 Å². The zero-order valence-electron chi connectivity index (χ0n) is 18.2. The van der Waals surface area contributed by atoms with Crippen LogP contribution in [0.1, 0.15) is 36.2 Å². The van der Waals surface area contributed by atoms with Crippen molar-refractivity contribution in [2.45, 2.75) is 25.7 Å². The van der Waals surface area contributed by atoms with Crippen molar-refractivity contribution in [3.05, 3.63) is 53.4 Å². The second kappa shape index (κ2) is 8.78. The minimum absolute atomic E-state index is 0.00405. The first kappa shape index (κ1) is 21.3. The molecule has 2 N–H and O–H groups in total. The van der Waals surface area contributed by atoms with Crippen molar-refractivity contribution in [1.82, 2.24) is 24.7 Å². The van der Waals surface area contributed by atoms with Gasteiger partial charge in [0.25, 0.3) is 0 Å². The average molecular weight is 463 g/mol. The predicted octanol–water partition coefficient (Wildman–Crippen LogP) is 4.67. The van der Waals surface area contributed by atoms with Gasteiger partial charge in [-0.25, -0.2) is 14.8 Å². The largest absolute Gasteiger partial charge is 0.461 e. The second-order valence-electron chi connectivity index (χ2n) is 8.31. The van der Waals surface area contributed by atoms with E-state index in [4.69, 9.17) is 22.1 Å². The Morgan fingerprint density at radius 3 is 2.79 bits per heavy atom. The summed E-state index contributed by atoms with van der Waals surface area (Å²) in [4.78, 5) is 26.4. The summed E-state index contributed by atoms with van der Waals surface area (Å²) in [6.07, 6.45) is 7.98. The fourth-order valence-corrected chi connectivity index (χ4v) is 4.52. The summed E-state index contributed by atoms with van der Waals surface area (Å²) in [6.45, 7) is 0.366. The number of nitrogens with two attached hydrogens (primary N) is 1. The third kappa shape index (κ3) is 4.26. The molecule has 0 aliphatic heterocycles. The van der Waals surface area contributed by atoms with Crippen LogP contribution in [0, 0.1) is 5.92 Å². The maximum Gasteiger partial charge on any atom is 0.360 e. The molecular formula is C24H23ClN6O2. The number of ether oxygens (including phenoxy) is 1. The van der Waals surface area contributed by atoms with Crippen molar-refractivity contribution in [3.63, 3.8) is 0 Å². The van der Waals surface area contributed by atoms with E-state index in [9.17, 15) is 4.79 Å². The van der Waals surface area contributed by atoms with Gasteiger partial charge >= 0.3 is 5.97 Å². The van der Waals surface area contributed by atoms with Crippen LogP contribution in [-0.2, 0) is 11.8 Å². The topological polar surface area (TPSA) is 109 Å². The minimum Gasteiger partial charge on any atom is -0.461 e. The molecule has 1 aromatic carbocycles. The molecule has 0 saturated heterocycles. The van der Waals surface area contributed by atoms with E-state index in [1.165, 1.54) is 12.8 Å². The van der Waals surface area contributed by atoms with E-state index in [2.05, 4.69) is 20.1 Å². The quantitative estimate of drug-likeness (QED) is 0.429. The second-order valence-corrected chi connectivity index (χ2v) is 8.72. The number of halogens is 1. The molecule has 3 heterocycles. The van der Waals surface area contributed by atoms with E-state index in [1.54, 1.807) is 23.1 Å². The number of hydrogen-bond donors (Lipinski definition) is 1. The number of aromatic nitrogens is 5. The third-order valence-electron chi connectivity index (χ3n) is 5.93. The zero-order chi connectivity index (χ0) is 22.9. The van der Waals surface area contributed by atoms with Crippen LogP contribution in [0.2, 0.25) is 5.02 Å². The highest BCUT2D eigenvalue weighted by atomic mass is 35.5. The number of esters is 1. The highest BCUT2D eigenvalue weighted by Crippen LogP contribution is 2.34. The summed E-state index contributed by atoms with van der Waals surface area (Å²) in [5.41, 5.74) is 9.01. The normalized spacial score (nSPS) is 14.1. The lowest BCUT2D eigenvalue weighted by Crippen LogP contribution is -2.17. The van der Waals surface area contributed by atoms with Crippen LogP contribution in [0.3, 0.4) is 0 Å². The molecule has 1 aliphatic carbocycles. The Morgan fingerprint density at radius 2 is 2.03 bits per heavy atom. The van der Waals surface area contributed by atoms with Crippen LogP contribution in [0.25, 0.3) is 33.5 Å². The van der Waals surface area contributed by atoms with Crippen LogP contribution in [0.5, 0.6) is 0 Å². The number of pyridine rings is 1. The van der Waals surface area contributed by atoms with Gasteiger partial charge in [0.05, 0.1) is 22.8 Å². The Bertz CT molecular complexity index is 1350. The highest BCUT2D eigenvalue weighted by molar-refractivity contribution is 6.35. The van der Waals surface area contributed by atoms with E-state index in [-0.39, 0.29) is 11.5 Å². The Labute approximate surface area is 195 Å². The molecule has 4 aromatic rings. The van der Waals surface area contributed by atoms with Gasteiger partial charge in [-0.1, -0.05) is 30.5 Å². The van der Waals surface area contributed by atoms with Crippen LogP contribution in [-0.4, -0.2) is 37.3 Å². The van der Waals surface area contributed by atoms with Gasteiger partial charge in [-0.2, -0.15) is 5.10 Å². The van der Waals surface area contributed by atoms with E-state index < -0.39 is 5.97 Å². The van der Waals surface area contributed by atoms with Crippen LogP contribution < -0.4 is 5.73 Å². The predicted molar refractivity (Wildman–Crippen MR) is 127 cm³/mol. The van der Waals surface area contributed by atoms with Crippen LogP contribution >= 0.6 is 11.6 Å². The van der Waals surface area contributed by atoms with Gasteiger partial charge in [0.15, 0.2) is 11.5 Å². The van der Waals surface area contributed by atoms with E-state index in [0.717, 1.165) is 18.2 Å². The molecule has 0 atom stereocenters. The molecule has 9 heteroatoms. The minimum atomic E-state index is -0.575. The molecule has 0 amide bonds. The van der Waals surface area contributed by atoms with Crippen molar-refractivity contribution in [2.75, 3.05) is 12.3 Å². The summed E-state index contributed by atoms with van der Waals surface area (Å²) < 4.78 is 7.21. The number of nitrogens with zero attached hydrogens (tertiary/aromatic N) is 5. The van der Waals surface area contributed by atoms with E-state index in [0.29, 0.717) is 45.7 Å². The Morgan fingerprint density at radius 1 is 1.21 bits per heavy atom. The number of hydrogen-bond acceptors (Lipinski definition) is 7. The molecule has 0 spiro atoms. The molecule has 1 fully saturated rings. The number of anilines is 1. The Balaban J connectivity index is 1.61. The summed E-state index contributed by atoms with van der Waals surface area (Å²) in [6, 6.07) is 9.24. The standard InChI is InChI=1S/C24H23ClN6O2/c1-31-10-8-18(30-31)21-20(16-11-15-7-4-9-27-19(15)17(25)12-16)28-22(23(26)29-21)24(32)33-13-14-5-2-3-6-14/h4,7-12,14H,2-3,5-6,13H2,1H3,(H2,26,29). The molecule has 0 radical (unpaired) electrons. The number of nitrogen functional groups attached to an aromatic ring is 1. The number of rotatable bonds is 5. The van der Waals surface area contributed by atoms with Crippen LogP contribution in [0.4, 0.5) is 5.82 Å². The molecule has 1 aliphatic rings. The molecule has 168 valence electrons. The molecule has 1 saturated carbocycles. The van der Waals surface area contributed by atoms with Gasteiger partial charge < -0.3 is 10.5 Å². The number of carbonyl (C=O) groups excluding carboxylic acids is 1. The van der Waals surface area contributed by atoms with E-state index >= 15 is 0 Å². The molecular weight excluding hydrogens is 440 g/mol. The Kier molecular flexibility index (Phi) is 5.68. The molecule has 3 aromatic heterocycles. The molecule has 33 heavy (non-hydrogen) atoms. The van der Waals surface area contributed by atoms with Crippen LogP contribution in [0.15, 0.2) is 42.7 Å². The van der Waals surface area contributed by atoms with Gasteiger partial charge in [0, 0.05) is 30.4 Å². The Hall–Kier alpha value is -3.52. The number of carbonyl (C=O) groups is 1. The van der Waals surface area contributed by atoms with Gasteiger partial charge in [-0.05, 0) is 43.0 Å². The average Bonchev–Trinajstić information content (AvgIpc) is 3.49. The smallest absolute Gasteiger partial charge is 0.360 e. The first-order valence-electron chi connectivity index (χ1n) is 10.9. The van der Waals surface area contributed by atoms with Crippen molar-refractivity contribution in [2.24, 2.45) is 13.0 Å². The van der Waals surface area contributed by atoms with Gasteiger partial charge in [0.2, 0.25) is 0 Å². The lowest BCUT2D eigenvalue weighted by atomic mass is 10.0. The fourth-order valence-electron chi connectivity index (χ4n) is 4.24. The SMILES string of the molecule is Cn1ccc(-c2nc(N)c(C(=O)OCC3CCCC3)nc2-c2cc(Cl)c3ncccc3c2)n1. The molecule has 0 bridgehead atoms. The van der Waals surface area contributed by atoms with Crippen molar-refractivity contribution in [3.8, 4) is 22.6 Å². The van der Waals surface area contributed by atoms with Crippen molar-refractivity contribution in [1.29, 1.82) is 0 Å². The maximum absolute atomic E-state index is 12.9. The number of aryl methyl sites for hydroxylation is 1. The molecule has 8 nitrogen and oxygen atoms in total. The lowest BCUT2D eigenvalue weighted by Gasteiger charge is -2.14. The van der Waals surface area contributed by atoms with Crippen molar-refractivity contribution >= 4 is 34.3 Å². The third-order valence-corrected chi connectivity index (χ3v) is 6.22. The number of fused-ring (bicyclic) bond motifs is 1. The zero-order valence-corrected chi connectivity index (χ0v) is 18.9. The van der Waals surface area contributed by atoms with Crippen molar-refractivity contribution < 1.29 is 9.53 Å². The highest BCUT2D eigenvalue weighted by Gasteiger charge is 2.24. The summed E-state index contributed by atoms with van der Waals surface area (Å²) in [5, 5.41) is 5.77. The summed E-state index contributed by atoms with van der Waals surface area (Å²) >= 11 is 6.52. The monoisotopic (exact) mass is 462 g/mol. The maximum atomic E-state index is 12.9. The lowest BCUT2D eigenvalue weighted by molar-refractivity contribution is 0.0437. The first-order chi connectivity index (χ1) is 16.0. The first-order valence-corrected chi connectivity index (χ1v) is 11.3. The summed E-state index contributed by atoms with van der Waals surface area (Å²) in [7, 11) is 1.81. The van der Waals surface area contributed by atoms with Gasteiger partial charge in [0.1, 0.15) is 11.4 Å². The summed E-state index contributed by atoms with van der Waals surface area (Å²) in [5.74, 6) is -0.180. The van der Waals surface area contributed by atoms with Gasteiger partial charge in [-0.3, -0.25) is 9.67 Å².